The molecule has 0 atom stereocenters. The summed E-state index contributed by atoms with van der Waals surface area (Å²) >= 11 is 4.37. The summed E-state index contributed by atoms with van der Waals surface area (Å²) in [4.78, 5) is 0.754. The molecule has 3 N–H and O–H groups in total. The maximum absolute atomic E-state index is 9.60. The third-order valence-electron chi connectivity index (χ3n) is 2.93. The first-order chi connectivity index (χ1) is 7.66. The van der Waals surface area contributed by atoms with Gasteiger partial charge in [0.25, 0.3) is 0 Å². The third kappa shape index (κ3) is 1.36. The molecular weight excluding hydrogens is 218 g/mol. The van der Waals surface area contributed by atoms with E-state index >= 15 is 0 Å². The molecule has 3 rings (SSSR count). The van der Waals surface area contributed by atoms with Gasteiger partial charge in [0.2, 0.25) is 0 Å². The molecule has 1 aliphatic carbocycles. The number of hydrogen-bond donors (Lipinski definition) is 3. The number of aromatic hydroxyl groups is 1. The van der Waals surface area contributed by atoms with Gasteiger partial charge in [-0.15, -0.1) is 12.6 Å². The van der Waals surface area contributed by atoms with E-state index in [9.17, 15) is 5.11 Å². The van der Waals surface area contributed by atoms with Gasteiger partial charge in [-0.05, 0) is 23.1 Å². The highest BCUT2D eigenvalue weighted by atomic mass is 32.1. The molecule has 16 heavy (non-hydrogen) atoms. The van der Waals surface area contributed by atoms with Crippen LogP contribution in [-0.4, -0.2) is 5.11 Å². The van der Waals surface area contributed by atoms with Crippen LogP contribution in [0.1, 0.15) is 11.5 Å². The molecule has 0 fully saturated rings. The zero-order valence-corrected chi connectivity index (χ0v) is 9.41. The van der Waals surface area contributed by atoms with Crippen molar-refractivity contribution in [1.29, 1.82) is 0 Å². The number of rotatable bonds is 1. The van der Waals surface area contributed by atoms with Gasteiger partial charge in [-0.2, -0.15) is 0 Å². The number of fused-ring (bicyclic) bond motifs is 1. The van der Waals surface area contributed by atoms with Gasteiger partial charge in [0.1, 0.15) is 5.75 Å². The van der Waals surface area contributed by atoms with Gasteiger partial charge in [-0.1, -0.05) is 24.3 Å². The van der Waals surface area contributed by atoms with Crippen LogP contribution in [0.25, 0.3) is 10.8 Å². The molecule has 0 heterocycles. The van der Waals surface area contributed by atoms with Gasteiger partial charge < -0.3 is 10.8 Å². The van der Waals surface area contributed by atoms with Crippen molar-refractivity contribution in [3.8, 4) is 5.75 Å². The summed E-state index contributed by atoms with van der Waals surface area (Å²) < 4.78 is 0. The molecule has 0 saturated carbocycles. The second-order valence-electron chi connectivity index (χ2n) is 4.04. The second kappa shape index (κ2) is 3.19. The van der Waals surface area contributed by atoms with Crippen LogP contribution in [0.4, 0.5) is 5.69 Å². The summed E-state index contributed by atoms with van der Waals surface area (Å²) in [6.07, 6.45) is 4.28. The third-order valence-corrected chi connectivity index (χ3v) is 3.30. The molecule has 1 aliphatic rings. The SMILES string of the molecule is Nc1c(O)cc(S)c2cc(C3C=C3)ccc12. The number of thiol groups is 1. The lowest BCUT2D eigenvalue weighted by Crippen LogP contribution is -1.90. The summed E-state index contributed by atoms with van der Waals surface area (Å²) in [5.74, 6) is 0.557. The summed E-state index contributed by atoms with van der Waals surface area (Å²) in [7, 11) is 0. The second-order valence-corrected chi connectivity index (χ2v) is 4.53. The number of benzene rings is 2. The highest BCUT2D eigenvalue weighted by Gasteiger charge is 2.15. The molecule has 0 spiro atoms. The normalized spacial score (nSPS) is 14.6. The maximum atomic E-state index is 9.60. The van der Waals surface area contributed by atoms with Gasteiger partial charge in [0, 0.05) is 16.2 Å². The first-order valence-corrected chi connectivity index (χ1v) is 5.54. The molecule has 0 aliphatic heterocycles. The Hall–Kier alpha value is -1.61. The largest absolute Gasteiger partial charge is 0.506 e. The molecule has 0 saturated heterocycles. The van der Waals surface area contributed by atoms with Crippen LogP contribution in [-0.2, 0) is 0 Å². The van der Waals surface area contributed by atoms with Gasteiger partial charge in [0.05, 0.1) is 5.69 Å². The fraction of sp³-hybridized carbons (Fsp3) is 0.0769. The summed E-state index contributed by atoms with van der Waals surface area (Å²) in [5.41, 5.74) is 7.49. The molecule has 2 nitrogen and oxygen atoms in total. The first kappa shape index (κ1) is 9.60. The Kier molecular flexibility index (Phi) is 1.91. The molecule has 2 aromatic carbocycles. The van der Waals surface area contributed by atoms with E-state index in [1.165, 1.54) is 5.56 Å². The molecule has 0 aromatic heterocycles. The molecule has 80 valence electrons. The Labute approximate surface area is 98.8 Å². The molecule has 0 amide bonds. The standard InChI is InChI=1S/C13H11NOS/c14-13-9-4-3-8(7-1-2-7)5-10(9)12(16)6-11(13)15/h1-7,15-16H,14H2. The Morgan fingerprint density at radius 1 is 1.12 bits per heavy atom. The highest BCUT2D eigenvalue weighted by Crippen LogP contribution is 2.38. The van der Waals surface area contributed by atoms with Crippen molar-refractivity contribution in [1.82, 2.24) is 0 Å². The summed E-state index contributed by atoms with van der Waals surface area (Å²) in [6.45, 7) is 0. The van der Waals surface area contributed by atoms with Gasteiger partial charge in [0.15, 0.2) is 0 Å². The number of allylic oxidation sites excluding steroid dienone is 2. The lowest BCUT2D eigenvalue weighted by atomic mass is 10.0. The predicted molar refractivity (Wildman–Crippen MR) is 69.2 cm³/mol. The highest BCUT2D eigenvalue weighted by molar-refractivity contribution is 7.80. The zero-order valence-electron chi connectivity index (χ0n) is 8.51. The Morgan fingerprint density at radius 2 is 1.88 bits per heavy atom. The Balaban J connectivity index is 2.30. The smallest absolute Gasteiger partial charge is 0.140 e. The number of nitrogen functional groups attached to an aromatic ring is 1. The Bertz CT molecular complexity index is 613. The van der Waals surface area contributed by atoms with Crippen LogP contribution in [0.15, 0.2) is 41.3 Å². The zero-order chi connectivity index (χ0) is 11.3. The van der Waals surface area contributed by atoms with E-state index in [2.05, 4.69) is 30.8 Å². The quantitative estimate of drug-likeness (QED) is 0.304. The number of nitrogens with two attached hydrogens (primary N) is 1. The molecule has 0 radical (unpaired) electrons. The maximum Gasteiger partial charge on any atom is 0.140 e. The van der Waals surface area contributed by atoms with Crippen LogP contribution in [0, 0.1) is 0 Å². The predicted octanol–water partition coefficient (Wildman–Crippen LogP) is 3.07. The van der Waals surface area contributed by atoms with E-state index in [1.54, 1.807) is 6.07 Å². The number of phenols is 1. The van der Waals surface area contributed by atoms with Gasteiger partial charge >= 0.3 is 0 Å². The van der Waals surface area contributed by atoms with Crippen LogP contribution in [0.2, 0.25) is 0 Å². The van der Waals surface area contributed by atoms with Crippen molar-refractivity contribution in [3.63, 3.8) is 0 Å². The molecular formula is C13H11NOS. The van der Waals surface area contributed by atoms with Crippen molar-refractivity contribution in [2.45, 2.75) is 10.8 Å². The fourth-order valence-corrected chi connectivity index (χ4v) is 2.22. The average molecular weight is 229 g/mol. The van der Waals surface area contributed by atoms with Crippen LogP contribution in [0.3, 0.4) is 0 Å². The van der Waals surface area contributed by atoms with Crippen molar-refractivity contribution in [3.05, 3.63) is 42.0 Å². The minimum atomic E-state index is 0.0924. The molecule has 0 bridgehead atoms. The number of anilines is 1. The minimum Gasteiger partial charge on any atom is -0.506 e. The van der Waals surface area contributed by atoms with Gasteiger partial charge in [-0.25, -0.2) is 0 Å². The molecule has 2 aromatic rings. The van der Waals surface area contributed by atoms with Crippen molar-refractivity contribution in [2.75, 3.05) is 5.73 Å². The number of hydrogen-bond acceptors (Lipinski definition) is 3. The Morgan fingerprint density at radius 3 is 2.56 bits per heavy atom. The molecule has 3 heteroatoms. The summed E-state index contributed by atoms with van der Waals surface area (Å²) in [5, 5.41) is 11.4. The van der Waals surface area contributed by atoms with E-state index in [-0.39, 0.29) is 5.75 Å². The average Bonchev–Trinajstić information content (AvgIpc) is 3.09. The molecule has 0 unspecified atom stereocenters. The van der Waals surface area contributed by atoms with E-state index in [4.69, 9.17) is 5.73 Å². The van der Waals surface area contributed by atoms with Crippen molar-refractivity contribution in [2.24, 2.45) is 0 Å². The lowest BCUT2D eigenvalue weighted by Gasteiger charge is -2.09. The van der Waals surface area contributed by atoms with E-state index in [1.807, 2.05) is 12.1 Å². The van der Waals surface area contributed by atoms with E-state index in [0.29, 0.717) is 11.6 Å². The number of phenolic OH excluding ortho intramolecular Hbond substituents is 1. The van der Waals surface area contributed by atoms with Gasteiger partial charge in [-0.3, -0.25) is 0 Å². The van der Waals surface area contributed by atoms with E-state index < -0.39 is 0 Å². The topological polar surface area (TPSA) is 46.2 Å². The van der Waals surface area contributed by atoms with Crippen LogP contribution < -0.4 is 5.73 Å². The lowest BCUT2D eigenvalue weighted by molar-refractivity contribution is 0.477. The first-order valence-electron chi connectivity index (χ1n) is 5.09. The summed E-state index contributed by atoms with van der Waals surface area (Å²) in [6, 6.07) is 7.65. The monoisotopic (exact) mass is 229 g/mol. The fourth-order valence-electron chi connectivity index (χ4n) is 1.92. The van der Waals surface area contributed by atoms with Crippen LogP contribution >= 0.6 is 12.6 Å². The van der Waals surface area contributed by atoms with Crippen LogP contribution in [0.5, 0.6) is 5.75 Å². The van der Waals surface area contributed by atoms with Crippen molar-refractivity contribution < 1.29 is 5.11 Å². The minimum absolute atomic E-state index is 0.0924. The van der Waals surface area contributed by atoms with Crippen molar-refractivity contribution >= 4 is 29.1 Å². The van der Waals surface area contributed by atoms with E-state index in [0.717, 1.165) is 15.7 Å².